The predicted octanol–water partition coefficient (Wildman–Crippen LogP) is 1.27. The van der Waals surface area contributed by atoms with E-state index in [1.54, 1.807) is 25.4 Å². The maximum absolute atomic E-state index is 11.7. The molecule has 0 aliphatic carbocycles. The number of rotatable bonds is 4. The lowest BCUT2D eigenvalue weighted by Gasteiger charge is -2.35. The number of amides is 1. The van der Waals surface area contributed by atoms with Gasteiger partial charge in [-0.1, -0.05) is 6.92 Å². The molecule has 2 rings (SSSR count). The molecule has 0 saturated carbocycles. The van der Waals surface area contributed by atoms with E-state index in [2.05, 4.69) is 10.3 Å². The van der Waals surface area contributed by atoms with E-state index in [0.717, 1.165) is 12.1 Å². The van der Waals surface area contributed by atoms with Gasteiger partial charge in [0.1, 0.15) is 11.2 Å². The van der Waals surface area contributed by atoms with Crippen LogP contribution in [0.5, 0.6) is 0 Å². The number of nitrogens with one attached hydrogen (secondary N) is 1. The Morgan fingerprint density at radius 3 is 2.90 bits per heavy atom. The number of aliphatic carboxylic acids is 1. The van der Waals surface area contributed by atoms with E-state index in [9.17, 15) is 14.7 Å². The highest BCUT2D eigenvalue weighted by atomic mass is 16.4. The van der Waals surface area contributed by atoms with Gasteiger partial charge in [-0.2, -0.15) is 0 Å². The first kappa shape index (κ1) is 14.3. The van der Waals surface area contributed by atoms with Gasteiger partial charge in [0.15, 0.2) is 0 Å². The van der Waals surface area contributed by atoms with Crippen molar-refractivity contribution in [2.45, 2.75) is 31.7 Å². The Hall–Kier alpha value is -2.11. The summed E-state index contributed by atoms with van der Waals surface area (Å²) in [6.07, 6.45) is 3.52. The molecule has 1 aromatic rings. The Morgan fingerprint density at radius 2 is 2.30 bits per heavy atom. The van der Waals surface area contributed by atoms with Crippen LogP contribution in [0.3, 0.4) is 0 Å². The molecule has 0 bridgehead atoms. The molecule has 6 heteroatoms. The molecule has 2 N–H and O–H groups in total. The van der Waals surface area contributed by atoms with Gasteiger partial charge in [-0.3, -0.25) is 9.78 Å². The normalized spacial score (nSPS) is 21.8. The molecule has 2 heterocycles. The Morgan fingerprint density at radius 1 is 1.55 bits per heavy atom. The third kappa shape index (κ3) is 2.21. The van der Waals surface area contributed by atoms with Gasteiger partial charge in [0.2, 0.25) is 0 Å². The Balaban J connectivity index is 2.40. The second kappa shape index (κ2) is 5.48. The van der Waals surface area contributed by atoms with Crippen molar-refractivity contribution in [1.82, 2.24) is 10.3 Å². The maximum Gasteiger partial charge on any atom is 0.329 e. The highest BCUT2D eigenvalue weighted by Crippen LogP contribution is 2.36. The topological polar surface area (TPSA) is 82.5 Å². The van der Waals surface area contributed by atoms with Gasteiger partial charge in [-0.25, -0.2) is 4.79 Å². The van der Waals surface area contributed by atoms with Gasteiger partial charge in [0.25, 0.3) is 5.91 Å². The second-order valence-corrected chi connectivity index (χ2v) is 4.92. The van der Waals surface area contributed by atoms with E-state index in [1.807, 2.05) is 11.8 Å². The molecule has 108 valence electrons. The Bertz CT molecular complexity index is 532. The third-order valence-corrected chi connectivity index (χ3v) is 3.99. The molecule has 0 spiro atoms. The van der Waals surface area contributed by atoms with Crippen molar-refractivity contribution in [3.8, 4) is 0 Å². The first-order valence-electron chi connectivity index (χ1n) is 6.74. The number of nitrogens with zero attached hydrogens (tertiary/aromatic N) is 2. The molecule has 1 aliphatic rings. The van der Waals surface area contributed by atoms with E-state index in [0.29, 0.717) is 25.1 Å². The first-order chi connectivity index (χ1) is 9.55. The number of hydrogen-bond acceptors (Lipinski definition) is 4. The fourth-order valence-electron chi connectivity index (χ4n) is 2.84. The van der Waals surface area contributed by atoms with Crippen molar-refractivity contribution in [2.24, 2.45) is 0 Å². The second-order valence-electron chi connectivity index (χ2n) is 4.92. The lowest BCUT2D eigenvalue weighted by atomic mass is 9.92. The molecule has 1 aromatic heterocycles. The summed E-state index contributed by atoms with van der Waals surface area (Å²) in [7, 11) is 1.54. The van der Waals surface area contributed by atoms with Crippen LogP contribution in [-0.2, 0) is 4.79 Å². The number of aromatic nitrogens is 1. The van der Waals surface area contributed by atoms with Gasteiger partial charge in [-0.05, 0) is 31.4 Å². The van der Waals surface area contributed by atoms with Crippen molar-refractivity contribution in [1.29, 1.82) is 0 Å². The van der Waals surface area contributed by atoms with E-state index in [1.165, 1.54) is 0 Å². The van der Waals surface area contributed by atoms with Crippen LogP contribution in [0.4, 0.5) is 5.69 Å². The molecule has 1 atom stereocenters. The predicted molar refractivity (Wildman–Crippen MR) is 74.9 cm³/mol. The SMILES string of the molecule is CCC1(C(=O)O)CCCN1c1ccnc(C(=O)NC)c1. The van der Waals surface area contributed by atoms with Crippen molar-refractivity contribution in [2.75, 3.05) is 18.5 Å². The first-order valence-corrected chi connectivity index (χ1v) is 6.74. The molecule has 1 unspecified atom stereocenters. The van der Waals surface area contributed by atoms with Crippen LogP contribution in [0.1, 0.15) is 36.7 Å². The highest BCUT2D eigenvalue weighted by molar-refractivity contribution is 5.93. The molecule has 20 heavy (non-hydrogen) atoms. The van der Waals surface area contributed by atoms with Crippen LogP contribution >= 0.6 is 0 Å². The molecule has 1 aliphatic heterocycles. The number of carboxylic acid groups (broad SMARTS) is 1. The number of carboxylic acids is 1. The number of carbonyl (C=O) groups is 2. The molecular weight excluding hydrogens is 258 g/mol. The Kier molecular flexibility index (Phi) is 3.92. The van der Waals surface area contributed by atoms with Crippen LogP contribution in [0, 0.1) is 0 Å². The maximum atomic E-state index is 11.7. The third-order valence-electron chi connectivity index (χ3n) is 3.99. The van der Waals surface area contributed by atoms with Crippen LogP contribution in [0.2, 0.25) is 0 Å². The quantitative estimate of drug-likeness (QED) is 0.866. The smallest absolute Gasteiger partial charge is 0.329 e. The van der Waals surface area contributed by atoms with E-state index in [4.69, 9.17) is 0 Å². The Labute approximate surface area is 117 Å². The van der Waals surface area contributed by atoms with Gasteiger partial charge in [-0.15, -0.1) is 0 Å². The fraction of sp³-hybridized carbons (Fsp3) is 0.500. The summed E-state index contributed by atoms with van der Waals surface area (Å²) in [6.45, 7) is 2.56. The van der Waals surface area contributed by atoms with E-state index in [-0.39, 0.29) is 5.91 Å². The molecule has 0 aromatic carbocycles. The fourth-order valence-corrected chi connectivity index (χ4v) is 2.84. The minimum Gasteiger partial charge on any atom is -0.479 e. The standard InChI is InChI=1S/C14H19N3O3/c1-3-14(13(19)20)6-4-8-17(14)10-5-7-16-11(9-10)12(18)15-2/h5,7,9H,3-4,6,8H2,1-2H3,(H,15,18)(H,19,20). The van der Waals surface area contributed by atoms with Gasteiger partial charge in [0.05, 0.1) is 0 Å². The minimum absolute atomic E-state index is 0.275. The summed E-state index contributed by atoms with van der Waals surface area (Å²) in [4.78, 5) is 29.2. The summed E-state index contributed by atoms with van der Waals surface area (Å²) < 4.78 is 0. The van der Waals surface area contributed by atoms with Gasteiger partial charge in [0, 0.05) is 25.5 Å². The zero-order valence-electron chi connectivity index (χ0n) is 11.7. The summed E-state index contributed by atoms with van der Waals surface area (Å²) in [6, 6.07) is 3.41. The van der Waals surface area contributed by atoms with Crippen molar-refractivity contribution in [3.05, 3.63) is 24.0 Å². The van der Waals surface area contributed by atoms with Crippen LogP contribution in [0.15, 0.2) is 18.3 Å². The lowest BCUT2D eigenvalue weighted by molar-refractivity contribution is -0.143. The minimum atomic E-state index is -0.874. The molecule has 1 saturated heterocycles. The monoisotopic (exact) mass is 277 g/mol. The lowest BCUT2D eigenvalue weighted by Crippen LogP contribution is -2.50. The van der Waals surface area contributed by atoms with E-state index >= 15 is 0 Å². The van der Waals surface area contributed by atoms with Crippen LogP contribution in [-0.4, -0.2) is 41.1 Å². The number of carbonyl (C=O) groups excluding carboxylic acids is 1. The average Bonchev–Trinajstić information content (AvgIpc) is 2.91. The number of anilines is 1. The molecule has 6 nitrogen and oxygen atoms in total. The van der Waals surface area contributed by atoms with Crippen molar-refractivity contribution >= 4 is 17.6 Å². The van der Waals surface area contributed by atoms with Crippen LogP contribution < -0.4 is 10.2 Å². The summed E-state index contributed by atoms with van der Waals surface area (Å²) >= 11 is 0. The van der Waals surface area contributed by atoms with Crippen LogP contribution in [0.25, 0.3) is 0 Å². The molecule has 0 radical (unpaired) electrons. The molecule has 1 amide bonds. The zero-order valence-corrected chi connectivity index (χ0v) is 11.7. The van der Waals surface area contributed by atoms with Crippen molar-refractivity contribution in [3.63, 3.8) is 0 Å². The van der Waals surface area contributed by atoms with E-state index < -0.39 is 11.5 Å². The average molecular weight is 277 g/mol. The number of hydrogen-bond donors (Lipinski definition) is 2. The van der Waals surface area contributed by atoms with Gasteiger partial charge < -0.3 is 15.3 Å². The highest BCUT2D eigenvalue weighted by Gasteiger charge is 2.46. The van der Waals surface area contributed by atoms with Gasteiger partial charge >= 0.3 is 5.97 Å². The summed E-state index contributed by atoms with van der Waals surface area (Å²) in [5.74, 6) is -1.08. The largest absolute Gasteiger partial charge is 0.479 e. The summed E-state index contributed by atoms with van der Waals surface area (Å²) in [5, 5.41) is 12.1. The zero-order chi connectivity index (χ0) is 14.8. The summed E-state index contributed by atoms with van der Waals surface area (Å²) in [5.41, 5.74) is 0.161. The van der Waals surface area contributed by atoms with Crippen molar-refractivity contribution < 1.29 is 14.7 Å². The molecular formula is C14H19N3O3. The molecule has 1 fully saturated rings. The number of pyridine rings is 1.